The summed E-state index contributed by atoms with van der Waals surface area (Å²) in [6, 6.07) is 0. The number of rotatable bonds is 11. The standard InChI is InChI=1S/C16H29/c1-3-5-7-9-11-13-15-16-14-12-10-8-6-4-2/h7,9,12,14H,1,3-6,8,10-11,13,15-16H2,2H3. The van der Waals surface area contributed by atoms with E-state index in [-0.39, 0.29) is 0 Å². The van der Waals surface area contributed by atoms with Gasteiger partial charge < -0.3 is 0 Å². The minimum absolute atomic E-state index is 1.02. The molecule has 93 valence electrons. The summed E-state index contributed by atoms with van der Waals surface area (Å²) in [7, 11) is 0. The van der Waals surface area contributed by atoms with E-state index in [2.05, 4.69) is 38.2 Å². The van der Waals surface area contributed by atoms with Crippen LogP contribution in [0, 0.1) is 6.92 Å². The van der Waals surface area contributed by atoms with E-state index in [9.17, 15) is 0 Å². The van der Waals surface area contributed by atoms with Gasteiger partial charge in [-0.3, -0.25) is 0 Å². The van der Waals surface area contributed by atoms with E-state index in [1.807, 2.05) is 0 Å². The maximum Gasteiger partial charge on any atom is -0.0351 e. The molecule has 0 aromatic heterocycles. The predicted molar refractivity (Wildman–Crippen MR) is 75.5 cm³/mol. The van der Waals surface area contributed by atoms with E-state index in [1.54, 1.807) is 0 Å². The van der Waals surface area contributed by atoms with Crippen molar-refractivity contribution < 1.29 is 0 Å². The molecule has 0 saturated carbocycles. The summed E-state index contributed by atoms with van der Waals surface area (Å²) < 4.78 is 0. The van der Waals surface area contributed by atoms with Crippen molar-refractivity contribution in [3.63, 3.8) is 0 Å². The SMILES string of the molecule is [CH2]CCC=CCCCCC=CCCCCC. The Balaban J connectivity index is 3.08. The second kappa shape index (κ2) is 14.5. The second-order valence-corrected chi connectivity index (χ2v) is 4.37. The van der Waals surface area contributed by atoms with Crippen LogP contribution in [0.5, 0.6) is 0 Å². The smallest absolute Gasteiger partial charge is 0.0351 e. The fourth-order valence-corrected chi connectivity index (χ4v) is 1.63. The molecule has 0 heteroatoms. The van der Waals surface area contributed by atoms with Crippen molar-refractivity contribution >= 4 is 0 Å². The van der Waals surface area contributed by atoms with Crippen LogP contribution in [0.15, 0.2) is 24.3 Å². The molecular formula is C16H29. The molecule has 0 bridgehead atoms. The molecule has 0 nitrogen and oxygen atoms in total. The Kier molecular flexibility index (Phi) is 14.0. The number of hydrogen-bond acceptors (Lipinski definition) is 0. The minimum atomic E-state index is 1.02. The van der Waals surface area contributed by atoms with Crippen molar-refractivity contribution in [3.8, 4) is 0 Å². The molecule has 0 heterocycles. The van der Waals surface area contributed by atoms with Crippen molar-refractivity contribution in [2.45, 2.75) is 71.1 Å². The average Bonchev–Trinajstić information content (AvgIpc) is 2.31. The van der Waals surface area contributed by atoms with Gasteiger partial charge in [-0.2, -0.15) is 0 Å². The quantitative estimate of drug-likeness (QED) is 0.303. The van der Waals surface area contributed by atoms with Gasteiger partial charge in [0.15, 0.2) is 0 Å². The Morgan fingerprint density at radius 3 is 1.56 bits per heavy atom. The van der Waals surface area contributed by atoms with Crippen LogP contribution in [0.1, 0.15) is 71.1 Å². The Labute approximate surface area is 103 Å². The Morgan fingerprint density at radius 2 is 1.12 bits per heavy atom. The first-order valence-corrected chi connectivity index (χ1v) is 7.01. The Hall–Kier alpha value is -0.520. The third kappa shape index (κ3) is 13.5. The normalized spacial score (nSPS) is 11.9. The average molecular weight is 221 g/mol. The van der Waals surface area contributed by atoms with Gasteiger partial charge in [-0.25, -0.2) is 0 Å². The summed E-state index contributed by atoms with van der Waals surface area (Å²) in [6.45, 7) is 6.07. The molecule has 0 rings (SSSR count). The predicted octanol–water partition coefficient (Wildman–Crippen LogP) is 5.85. The zero-order valence-electron chi connectivity index (χ0n) is 11.1. The van der Waals surface area contributed by atoms with Gasteiger partial charge in [-0.15, -0.1) is 0 Å². The molecule has 0 fully saturated rings. The fourth-order valence-electron chi connectivity index (χ4n) is 1.63. The first kappa shape index (κ1) is 15.5. The van der Waals surface area contributed by atoms with Crippen LogP contribution in [0.25, 0.3) is 0 Å². The van der Waals surface area contributed by atoms with Crippen LogP contribution in [0.4, 0.5) is 0 Å². The highest BCUT2D eigenvalue weighted by Crippen LogP contribution is 2.04. The maximum atomic E-state index is 3.81. The lowest BCUT2D eigenvalue weighted by Crippen LogP contribution is -1.74. The van der Waals surface area contributed by atoms with E-state index >= 15 is 0 Å². The topological polar surface area (TPSA) is 0 Å². The number of unbranched alkanes of at least 4 members (excludes halogenated alkanes) is 7. The zero-order chi connectivity index (χ0) is 11.9. The molecule has 0 unspecified atom stereocenters. The first-order chi connectivity index (χ1) is 7.91. The van der Waals surface area contributed by atoms with E-state index in [0.717, 1.165) is 12.8 Å². The molecule has 0 amide bonds. The molecule has 0 saturated heterocycles. The summed E-state index contributed by atoms with van der Waals surface area (Å²) in [5.41, 5.74) is 0. The molecule has 0 aromatic rings. The van der Waals surface area contributed by atoms with Gasteiger partial charge in [-0.05, 0) is 51.4 Å². The molecule has 0 aromatic carbocycles. The highest BCUT2D eigenvalue weighted by Gasteiger charge is 1.84. The molecule has 1 radical (unpaired) electrons. The lowest BCUT2D eigenvalue weighted by molar-refractivity contribution is 0.723. The van der Waals surface area contributed by atoms with E-state index in [0.29, 0.717) is 0 Å². The zero-order valence-corrected chi connectivity index (χ0v) is 11.1. The van der Waals surface area contributed by atoms with Crippen molar-refractivity contribution in [2.24, 2.45) is 0 Å². The van der Waals surface area contributed by atoms with Crippen LogP contribution in [-0.4, -0.2) is 0 Å². The molecule has 16 heavy (non-hydrogen) atoms. The van der Waals surface area contributed by atoms with Crippen LogP contribution in [-0.2, 0) is 0 Å². The van der Waals surface area contributed by atoms with Crippen LogP contribution in [0.2, 0.25) is 0 Å². The summed E-state index contributed by atoms with van der Waals surface area (Å²) in [4.78, 5) is 0. The van der Waals surface area contributed by atoms with Crippen molar-refractivity contribution in [1.82, 2.24) is 0 Å². The van der Waals surface area contributed by atoms with Gasteiger partial charge in [0, 0.05) is 0 Å². The Bertz CT molecular complexity index is 165. The molecule has 0 N–H and O–H groups in total. The van der Waals surface area contributed by atoms with E-state index in [1.165, 1.54) is 51.4 Å². The van der Waals surface area contributed by atoms with Gasteiger partial charge in [0.1, 0.15) is 0 Å². The lowest BCUT2D eigenvalue weighted by atomic mass is 10.1. The van der Waals surface area contributed by atoms with Gasteiger partial charge in [0.05, 0.1) is 0 Å². The van der Waals surface area contributed by atoms with Gasteiger partial charge >= 0.3 is 0 Å². The summed E-state index contributed by atoms with van der Waals surface area (Å²) >= 11 is 0. The Morgan fingerprint density at radius 1 is 0.688 bits per heavy atom. The fraction of sp³-hybridized carbons (Fsp3) is 0.688. The summed E-state index contributed by atoms with van der Waals surface area (Å²) in [5.74, 6) is 0. The van der Waals surface area contributed by atoms with Crippen molar-refractivity contribution in [2.75, 3.05) is 0 Å². The third-order valence-corrected chi connectivity index (χ3v) is 2.67. The van der Waals surface area contributed by atoms with Gasteiger partial charge in [-0.1, -0.05) is 51.0 Å². The molecular weight excluding hydrogens is 192 g/mol. The largest absolute Gasteiger partial charge is 0.0885 e. The first-order valence-electron chi connectivity index (χ1n) is 7.01. The van der Waals surface area contributed by atoms with Crippen LogP contribution < -0.4 is 0 Å². The third-order valence-electron chi connectivity index (χ3n) is 2.67. The van der Waals surface area contributed by atoms with E-state index < -0.39 is 0 Å². The van der Waals surface area contributed by atoms with Crippen LogP contribution >= 0.6 is 0 Å². The number of allylic oxidation sites excluding steroid dienone is 4. The van der Waals surface area contributed by atoms with E-state index in [4.69, 9.17) is 0 Å². The monoisotopic (exact) mass is 221 g/mol. The molecule has 0 atom stereocenters. The van der Waals surface area contributed by atoms with Crippen LogP contribution in [0.3, 0.4) is 0 Å². The highest BCUT2D eigenvalue weighted by molar-refractivity contribution is 4.84. The van der Waals surface area contributed by atoms with Gasteiger partial charge in [0.25, 0.3) is 0 Å². The maximum absolute atomic E-state index is 3.81. The number of hydrogen-bond donors (Lipinski definition) is 0. The minimum Gasteiger partial charge on any atom is -0.0885 e. The second-order valence-electron chi connectivity index (χ2n) is 4.37. The lowest BCUT2D eigenvalue weighted by Gasteiger charge is -1.94. The molecule has 0 aliphatic carbocycles. The summed E-state index contributed by atoms with van der Waals surface area (Å²) in [5, 5.41) is 0. The van der Waals surface area contributed by atoms with Gasteiger partial charge in [0.2, 0.25) is 0 Å². The molecule has 0 spiro atoms. The van der Waals surface area contributed by atoms with Crippen molar-refractivity contribution in [1.29, 1.82) is 0 Å². The summed E-state index contributed by atoms with van der Waals surface area (Å²) in [6.07, 6.45) is 21.9. The molecule has 0 aliphatic rings. The van der Waals surface area contributed by atoms with Crippen molar-refractivity contribution in [3.05, 3.63) is 31.2 Å². The molecule has 0 aliphatic heterocycles. The highest BCUT2D eigenvalue weighted by atomic mass is 13.9.